The van der Waals surface area contributed by atoms with Crippen molar-refractivity contribution in [1.29, 1.82) is 0 Å². The molecule has 0 unspecified atom stereocenters. The highest BCUT2D eigenvalue weighted by Gasteiger charge is 2.41. The number of hydrogen-bond acceptors (Lipinski definition) is 13. The molecule has 2 aromatic heterocycles. The number of nitrogens with two attached hydrogens (primary N) is 1. The van der Waals surface area contributed by atoms with Crippen LogP contribution in [0.3, 0.4) is 0 Å². The summed E-state index contributed by atoms with van der Waals surface area (Å²) in [6.45, 7) is 21.7. The third kappa shape index (κ3) is 23.7. The Hall–Kier alpha value is -5.03. The van der Waals surface area contributed by atoms with Crippen LogP contribution in [0.15, 0.2) is 24.3 Å². The van der Waals surface area contributed by atoms with Gasteiger partial charge in [0.2, 0.25) is 5.91 Å². The van der Waals surface area contributed by atoms with Crippen molar-refractivity contribution in [3.63, 3.8) is 0 Å². The number of unbranched alkanes of at least 4 members (excludes halogenated alkanes) is 8. The van der Waals surface area contributed by atoms with Gasteiger partial charge in [-0.15, -0.1) is 12.4 Å². The number of halogens is 1. The fourth-order valence-electron chi connectivity index (χ4n) is 9.77. The molecule has 2 saturated heterocycles. The van der Waals surface area contributed by atoms with Crippen LogP contribution in [-0.4, -0.2) is 123 Å². The molecule has 6 heterocycles. The lowest BCUT2D eigenvalue weighted by Crippen LogP contribution is -2.52. The first-order valence-corrected chi connectivity index (χ1v) is 29.0. The minimum atomic E-state index is -0.790. The molecule has 4 aliphatic heterocycles. The lowest BCUT2D eigenvalue weighted by Gasteiger charge is -2.39. The van der Waals surface area contributed by atoms with Gasteiger partial charge in [0.25, 0.3) is 0 Å². The Morgan fingerprint density at radius 2 is 1.03 bits per heavy atom. The Labute approximate surface area is 473 Å². The van der Waals surface area contributed by atoms with E-state index in [-0.39, 0.29) is 48.1 Å². The van der Waals surface area contributed by atoms with Crippen LogP contribution in [0.1, 0.15) is 207 Å². The number of pyridine rings is 2. The molecule has 0 bridgehead atoms. The number of Topliss-reactive ketones (excluding diaryl/α,β-unsaturated/α-hetero) is 2. The van der Waals surface area contributed by atoms with E-state index in [2.05, 4.69) is 40.2 Å². The van der Waals surface area contributed by atoms with Gasteiger partial charge in [-0.25, -0.2) is 19.6 Å². The largest absolute Gasteiger partial charge is 0.481 e. The van der Waals surface area contributed by atoms with E-state index < -0.39 is 34.0 Å². The third-order valence-corrected chi connectivity index (χ3v) is 15.2. The third-order valence-electron chi connectivity index (χ3n) is 15.2. The lowest BCUT2D eigenvalue weighted by molar-refractivity contribution is -0.150. The van der Waals surface area contributed by atoms with Crippen molar-refractivity contribution in [2.24, 2.45) is 16.6 Å². The minimum Gasteiger partial charge on any atom is -0.481 e. The predicted molar refractivity (Wildman–Crippen MR) is 311 cm³/mol. The highest BCUT2D eigenvalue weighted by Crippen LogP contribution is 2.33. The number of ketones is 2. The van der Waals surface area contributed by atoms with Crippen molar-refractivity contribution in [2.45, 2.75) is 234 Å². The average Bonchev–Trinajstić information content (AvgIpc) is 3.37. The number of fused-ring (bicyclic) bond motifs is 2. The van der Waals surface area contributed by atoms with Gasteiger partial charge >= 0.3 is 18.2 Å². The van der Waals surface area contributed by atoms with Crippen molar-refractivity contribution in [2.75, 3.05) is 49.9 Å². The first kappa shape index (κ1) is 67.2. The van der Waals surface area contributed by atoms with Gasteiger partial charge in [-0.2, -0.15) is 0 Å². The number of piperidine rings is 2. The summed E-state index contributed by atoms with van der Waals surface area (Å²) in [5.41, 5.74) is 8.41. The van der Waals surface area contributed by atoms with Gasteiger partial charge in [0.15, 0.2) is 5.78 Å². The minimum absolute atomic E-state index is 0. The zero-order chi connectivity index (χ0) is 56.8. The number of aliphatic carboxylic acids is 1. The second-order valence-electron chi connectivity index (χ2n) is 24.5. The average molecular weight is 1110 g/mol. The molecule has 6 N–H and O–H groups in total. The summed E-state index contributed by atoms with van der Waals surface area (Å²) in [6, 6.07) is 8.08. The van der Waals surface area contributed by atoms with Crippen LogP contribution >= 0.6 is 12.4 Å². The van der Waals surface area contributed by atoms with Gasteiger partial charge in [0, 0.05) is 56.1 Å². The molecule has 0 aliphatic carbocycles. The van der Waals surface area contributed by atoms with Gasteiger partial charge in [0.1, 0.15) is 28.6 Å². The first-order valence-electron chi connectivity index (χ1n) is 29.0. The van der Waals surface area contributed by atoms with Crippen molar-refractivity contribution in [1.82, 2.24) is 25.1 Å². The highest BCUT2D eigenvalue weighted by molar-refractivity contribution is 5.90. The van der Waals surface area contributed by atoms with Crippen LogP contribution < -0.4 is 21.7 Å². The molecule has 17 nitrogen and oxygen atoms in total. The maximum absolute atomic E-state index is 13.1. The number of amides is 3. The van der Waals surface area contributed by atoms with Crippen LogP contribution in [0.25, 0.3) is 0 Å². The Morgan fingerprint density at radius 3 is 1.42 bits per heavy atom. The number of ether oxygens (including phenoxy) is 2. The van der Waals surface area contributed by atoms with Crippen molar-refractivity contribution in [3.8, 4) is 0 Å². The number of aryl methyl sites for hydroxylation is 4. The molecule has 78 heavy (non-hydrogen) atoms. The number of anilines is 2. The number of rotatable bonds is 21. The Balaban J connectivity index is 0.000000338. The lowest BCUT2D eigenvalue weighted by atomic mass is 9.79. The molecule has 4 aliphatic rings. The summed E-state index contributed by atoms with van der Waals surface area (Å²) in [5.74, 6) is 1.39. The molecule has 0 spiro atoms. The SMILES string of the molecule is CC(=O)[C@@H](N)CCCCCCCc1ccc2c(n1)NCCC2.CC(=O)[C@H](CCCCCCCc1ccc2c(n1)NCCC2)NC(=O)C1(C)CCN(C(=O)OC(C)(C)C)CC1.CC(C)(C)OC(=O)N1CCC(C)(C(=O)O)CC1.Cl. The predicted octanol–water partition coefficient (Wildman–Crippen LogP) is 11.2. The van der Waals surface area contributed by atoms with Crippen molar-refractivity contribution < 1.29 is 43.3 Å². The number of carbonyl (C=O) groups excluding carboxylic acids is 5. The molecule has 2 atom stereocenters. The molecule has 2 fully saturated rings. The smallest absolute Gasteiger partial charge is 0.410 e. The van der Waals surface area contributed by atoms with Crippen LogP contribution in [0.4, 0.5) is 21.2 Å². The fraction of sp³-hybridized carbons (Fsp3) is 0.733. The molecular formula is C60H99ClN8O9. The van der Waals surface area contributed by atoms with Crippen molar-refractivity contribution in [3.05, 3.63) is 46.8 Å². The van der Waals surface area contributed by atoms with Crippen LogP contribution in [0.5, 0.6) is 0 Å². The van der Waals surface area contributed by atoms with Crippen LogP contribution in [-0.2, 0) is 54.3 Å². The van der Waals surface area contributed by atoms with Crippen molar-refractivity contribution >= 4 is 59.7 Å². The summed E-state index contributed by atoms with van der Waals surface area (Å²) in [6.07, 6.45) is 20.7. The second kappa shape index (κ2) is 32.3. The van der Waals surface area contributed by atoms with Gasteiger partial charge in [-0.3, -0.25) is 19.2 Å². The van der Waals surface area contributed by atoms with E-state index >= 15 is 0 Å². The molecule has 18 heteroatoms. The van der Waals surface area contributed by atoms with Gasteiger partial charge < -0.3 is 46.1 Å². The monoisotopic (exact) mass is 1110 g/mol. The molecule has 0 saturated carbocycles. The Morgan fingerprint density at radius 1 is 0.628 bits per heavy atom. The van der Waals surface area contributed by atoms with Crippen LogP contribution in [0.2, 0.25) is 0 Å². The van der Waals surface area contributed by atoms with Crippen LogP contribution in [0, 0.1) is 10.8 Å². The molecule has 0 radical (unpaired) electrons. The molecule has 0 aromatic carbocycles. The van der Waals surface area contributed by atoms with E-state index in [1.165, 1.54) is 55.3 Å². The first-order chi connectivity index (χ1) is 36.3. The number of carboxylic acids is 1. The topological polar surface area (TPSA) is 235 Å². The zero-order valence-corrected chi connectivity index (χ0v) is 50.1. The van der Waals surface area contributed by atoms with E-state index in [1.54, 1.807) is 30.6 Å². The zero-order valence-electron chi connectivity index (χ0n) is 49.3. The summed E-state index contributed by atoms with van der Waals surface area (Å²) in [5, 5.41) is 18.9. The maximum atomic E-state index is 13.1. The Kier molecular flexibility index (Phi) is 27.8. The summed E-state index contributed by atoms with van der Waals surface area (Å²) in [4.78, 5) is 84.3. The van der Waals surface area contributed by atoms with Gasteiger partial charge in [-0.1, -0.05) is 70.4 Å². The standard InChI is InChI=1S/C30H48N4O4.C18H29N3O.C12H21NO4.ClH/c1-22(35)25(33-27(36)30(5)17-20-34(21-18-30)28(37)38-29(2,3)4)14-10-8-6-7-9-13-24-16-15-23-12-11-19-31-26(23)32-24;1-14(22)17(19)10-6-4-2-3-5-9-16-12-11-15-8-7-13-20-18(15)21-16;1-11(2,3)17-10(16)13-7-5-12(4,6-8-13)9(14)15;/h15-16,25H,6-14,17-21H2,1-5H3,(H,31,32)(H,33,36);11-12,17H,2-10,13,19H2,1H3,(H,20,21);5-8H2,1-4H3,(H,14,15);1H/t25-;17-;;/m00../s1. The number of aromatic nitrogens is 2. The van der Waals surface area contributed by atoms with E-state index in [1.807, 2.05) is 48.5 Å². The molecule has 3 amide bonds. The normalized spacial score (nSPS) is 17.2. The van der Waals surface area contributed by atoms with Gasteiger partial charge in [-0.05, 0) is 175 Å². The van der Waals surface area contributed by atoms with E-state index in [9.17, 15) is 28.8 Å². The number of nitrogens with zero attached hydrogens (tertiary/aromatic N) is 4. The van der Waals surface area contributed by atoms with E-state index in [0.717, 1.165) is 101 Å². The molecule has 440 valence electrons. The van der Waals surface area contributed by atoms with Gasteiger partial charge in [0.05, 0.1) is 17.5 Å². The summed E-state index contributed by atoms with van der Waals surface area (Å²) in [7, 11) is 0. The molecule has 6 rings (SSSR count). The number of likely N-dealkylation sites (tertiary alicyclic amines) is 2. The molecular weight excluding hydrogens is 1010 g/mol. The Bertz CT molecular complexity index is 2230. The molecule has 2 aromatic rings. The van der Waals surface area contributed by atoms with E-state index in [4.69, 9.17) is 30.3 Å². The fourth-order valence-corrected chi connectivity index (χ4v) is 9.77. The number of carbonyl (C=O) groups is 6. The summed E-state index contributed by atoms with van der Waals surface area (Å²) < 4.78 is 10.7. The quantitative estimate of drug-likeness (QED) is 0.0732. The maximum Gasteiger partial charge on any atom is 0.410 e. The van der Waals surface area contributed by atoms with E-state index in [0.29, 0.717) is 58.3 Å². The number of nitrogens with one attached hydrogen (secondary N) is 3. The number of hydrogen-bond donors (Lipinski definition) is 5. The second-order valence-corrected chi connectivity index (χ2v) is 24.5. The number of carboxylic acid groups (broad SMARTS) is 1. The summed E-state index contributed by atoms with van der Waals surface area (Å²) >= 11 is 0. The highest BCUT2D eigenvalue weighted by atomic mass is 35.5.